The second-order valence-electron chi connectivity index (χ2n) is 8.26. The summed E-state index contributed by atoms with van der Waals surface area (Å²) in [5.74, 6) is 0.446. The predicted molar refractivity (Wildman–Crippen MR) is 128 cm³/mol. The highest BCUT2D eigenvalue weighted by atomic mass is 32.1. The van der Waals surface area contributed by atoms with E-state index in [1.165, 1.54) is 23.5 Å². The second-order valence-corrected chi connectivity index (χ2v) is 9.46. The summed E-state index contributed by atoms with van der Waals surface area (Å²) in [6.07, 6.45) is 1.19. The highest BCUT2D eigenvalue weighted by Crippen LogP contribution is 2.37. The molecular weight excluding hydrogens is 473 g/mol. The number of benzene rings is 2. The maximum absolute atomic E-state index is 13.7. The molecule has 2 aromatic carbocycles. The minimum Gasteiger partial charge on any atom is -0.486 e. The third kappa shape index (κ3) is 5.22. The van der Waals surface area contributed by atoms with Crippen molar-refractivity contribution in [2.45, 2.75) is 25.8 Å². The highest BCUT2D eigenvalue weighted by Gasteiger charge is 2.34. The molecule has 0 atom stereocenters. The first-order valence-corrected chi connectivity index (χ1v) is 12.2. The first-order valence-electron chi connectivity index (χ1n) is 11.4. The minimum atomic E-state index is -0.543. The third-order valence-electron chi connectivity index (χ3n) is 5.65. The molecule has 1 N–H and O–H groups in total. The van der Waals surface area contributed by atoms with E-state index in [1.54, 1.807) is 42.2 Å². The Bertz CT molecular complexity index is 1260. The fourth-order valence-electron chi connectivity index (χ4n) is 3.88. The molecule has 0 unspecified atom stereocenters. The van der Waals surface area contributed by atoms with Crippen molar-refractivity contribution < 1.29 is 28.2 Å². The van der Waals surface area contributed by atoms with Crippen LogP contribution in [-0.2, 0) is 0 Å². The largest absolute Gasteiger partial charge is 0.486 e. The van der Waals surface area contributed by atoms with E-state index in [-0.39, 0.29) is 36.7 Å². The van der Waals surface area contributed by atoms with Gasteiger partial charge in [-0.3, -0.25) is 4.79 Å². The summed E-state index contributed by atoms with van der Waals surface area (Å²) in [7, 11) is 0. The van der Waals surface area contributed by atoms with Crippen molar-refractivity contribution in [1.29, 1.82) is 0 Å². The summed E-state index contributed by atoms with van der Waals surface area (Å²) in [6.45, 7) is 3.14. The van der Waals surface area contributed by atoms with Crippen molar-refractivity contribution >= 4 is 23.3 Å². The van der Waals surface area contributed by atoms with Crippen LogP contribution in [-0.4, -0.2) is 54.2 Å². The van der Waals surface area contributed by atoms with Gasteiger partial charge in [-0.05, 0) is 44.0 Å². The Morgan fingerprint density at radius 3 is 2.80 bits per heavy atom. The molecule has 10 heteroatoms. The van der Waals surface area contributed by atoms with Crippen molar-refractivity contribution in [3.63, 3.8) is 0 Å². The summed E-state index contributed by atoms with van der Waals surface area (Å²) >= 11 is 1.33. The van der Waals surface area contributed by atoms with Crippen molar-refractivity contribution in [2.75, 3.05) is 26.3 Å². The summed E-state index contributed by atoms with van der Waals surface area (Å²) in [4.78, 5) is 32.3. The van der Waals surface area contributed by atoms with Crippen LogP contribution in [0.15, 0.2) is 42.5 Å². The Balaban J connectivity index is 1.24. The van der Waals surface area contributed by atoms with E-state index in [4.69, 9.17) is 14.2 Å². The number of hydrogen-bond acceptors (Lipinski definition) is 7. The van der Waals surface area contributed by atoms with Crippen LogP contribution in [0.25, 0.3) is 10.4 Å². The Labute approximate surface area is 205 Å². The lowest BCUT2D eigenvalue weighted by atomic mass is 10.1. The average molecular weight is 498 g/mol. The molecule has 8 nitrogen and oxygen atoms in total. The number of hydrogen-bond donors (Lipinski definition) is 1. The predicted octanol–water partition coefficient (Wildman–Crippen LogP) is 4.42. The van der Waals surface area contributed by atoms with Crippen LogP contribution in [0.4, 0.5) is 9.18 Å². The van der Waals surface area contributed by atoms with Gasteiger partial charge in [0, 0.05) is 24.7 Å². The fraction of sp³-hybridized carbons (Fsp3) is 0.320. The molecule has 2 heterocycles. The summed E-state index contributed by atoms with van der Waals surface area (Å²) in [5.41, 5.74) is 0.987. The zero-order valence-corrected chi connectivity index (χ0v) is 19.9. The number of carbonyl (C=O) groups is 2. The summed E-state index contributed by atoms with van der Waals surface area (Å²) in [6, 6.07) is 11.3. The molecule has 1 aromatic heterocycles. The SMILES string of the molecule is Cc1nc(OC(=O)N(CCNC(=O)c2cccc3c2OCCO3)C2CC2)c(-c2cccc(F)c2)s1. The van der Waals surface area contributed by atoms with Gasteiger partial charge in [0.25, 0.3) is 5.91 Å². The number of carbonyl (C=O) groups excluding carboxylic acids is 2. The lowest BCUT2D eigenvalue weighted by molar-refractivity contribution is 0.0933. The standard InChI is InChI=1S/C25H24FN3O5S/c1-15-28-24(22(35-15)16-4-2-5-17(26)14-16)34-25(31)29(18-8-9-18)11-10-27-23(30)19-6-3-7-20-21(19)33-13-12-32-20/h2-7,14,18H,8-13H2,1H3,(H,27,30). The van der Waals surface area contributed by atoms with Crippen LogP contribution in [0.3, 0.4) is 0 Å². The number of para-hydroxylation sites is 1. The number of aryl methyl sites for hydroxylation is 1. The minimum absolute atomic E-state index is 0.0537. The van der Waals surface area contributed by atoms with Gasteiger partial charge in [0.05, 0.1) is 15.4 Å². The monoisotopic (exact) mass is 497 g/mol. The molecule has 3 aromatic rings. The van der Waals surface area contributed by atoms with Gasteiger partial charge in [0.2, 0.25) is 5.88 Å². The topological polar surface area (TPSA) is 90.0 Å². The van der Waals surface area contributed by atoms with Crippen LogP contribution >= 0.6 is 11.3 Å². The molecule has 182 valence electrons. The molecule has 1 fully saturated rings. The molecule has 5 rings (SSSR count). The Morgan fingerprint density at radius 2 is 2.00 bits per heavy atom. The van der Waals surface area contributed by atoms with E-state index >= 15 is 0 Å². The first kappa shape index (κ1) is 23.1. The lowest BCUT2D eigenvalue weighted by Crippen LogP contribution is -2.41. The van der Waals surface area contributed by atoms with Gasteiger partial charge < -0.3 is 24.4 Å². The maximum atomic E-state index is 13.7. The number of halogens is 1. The Morgan fingerprint density at radius 1 is 1.20 bits per heavy atom. The smallest absolute Gasteiger partial charge is 0.416 e. The van der Waals surface area contributed by atoms with E-state index in [0.717, 1.165) is 12.8 Å². The van der Waals surface area contributed by atoms with E-state index in [1.807, 2.05) is 0 Å². The molecule has 0 spiro atoms. The molecule has 35 heavy (non-hydrogen) atoms. The van der Waals surface area contributed by atoms with E-state index in [2.05, 4.69) is 10.3 Å². The van der Waals surface area contributed by atoms with Gasteiger partial charge in [-0.15, -0.1) is 11.3 Å². The Hall–Kier alpha value is -3.66. The number of nitrogens with one attached hydrogen (secondary N) is 1. The van der Waals surface area contributed by atoms with Gasteiger partial charge in [-0.1, -0.05) is 18.2 Å². The van der Waals surface area contributed by atoms with Crippen molar-refractivity contribution in [3.05, 3.63) is 58.9 Å². The molecule has 0 radical (unpaired) electrons. The quantitative estimate of drug-likeness (QED) is 0.520. The first-order chi connectivity index (χ1) is 17.0. The molecular formula is C25H24FN3O5S. The van der Waals surface area contributed by atoms with Gasteiger partial charge in [0.1, 0.15) is 19.0 Å². The Kier molecular flexibility index (Phi) is 6.54. The van der Waals surface area contributed by atoms with Gasteiger partial charge in [0.15, 0.2) is 11.5 Å². The molecule has 0 bridgehead atoms. The molecule has 2 aliphatic rings. The zero-order chi connectivity index (χ0) is 24.4. The van der Waals surface area contributed by atoms with Gasteiger partial charge in [-0.25, -0.2) is 14.2 Å². The number of fused-ring (bicyclic) bond motifs is 1. The number of aromatic nitrogens is 1. The maximum Gasteiger partial charge on any atom is 0.416 e. The summed E-state index contributed by atoms with van der Waals surface area (Å²) < 4.78 is 30.5. The highest BCUT2D eigenvalue weighted by molar-refractivity contribution is 7.15. The molecule has 1 aliphatic heterocycles. The van der Waals surface area contributed by atoms with Crippen molar-refractivity contribution in [1.82, 2.24) is 15.2 Å². The number of rotatable bonds is 7. The van der Waals surface area contributed by atoms with Crippen molar-refractivity contribution in [3.8, 4) is 27.8 Å². The molecule has 1 aliphatic carbocycles. The van der Waals surface area contributed by atoms with Gasteiger partial charge >= 0.3 is 6.09 Å². The van der Waals surface area contributed by atoms with E-state index in [0.29, 0.717) is 45.7 Å². The van der Waals surface area contributed by atoms with Crippen LogP contribution < -0.4 is 19.5 Å². The molecule has 2 amide bonds. The third-order valence-corrected chi connectivity index (χ3v) is 6.65. The van der Waals surface area contributed by atoms with Gasteiger partial charge in [-0.2, -0.15) is 0 Å². The number of ether oxygens (including phenoxy) is 3. The van der Waals surface area contributed by atoms with Crippen LogP contribution in [0.1, 0.15) is 28.2 Å². The number of nitrogens with zero attached hydrogens (tertiary/aromatic N) is 2. The number of thiazole rings is 1. The molecule has 0 saturated heterocycles. The van der Waals surface area contributed by atoms with Crippen molar-refractivity contribution in [2.24, 2.45) is 0 Å². The van der Waals surface area contributed by atoms with E-state index < -0.39 is 6.09 Å². The van der Waals surface area contributed by atoms with Crippen LogP contribution in [0.2, 0.25) is 0 Å². The van der Waals surface area contributed by atoms with Crippen LogP contribution in [0.5, 0.6) is 17.4 Å². The second kappa shape index (κ2) is 9.91. The fourth-order valence-corrected chi connectivity index (χ4v) is 4.72. The van der Waals surface area contributed by atoms with E-state index in [9.17, 15) is 14.0 Å². The van der Waals surface area contributed by atoms with Crippen LogP contribution in [0, 0.1) is 12.7 Å². The number of amides is 2. The lowest BCUT2D eigenvalue weighted by Gasteiger charge is -2.22. The summed E-state index contributed by atoms with van der Waals surface area (Å²) in [5, 5.41) is 3.55. The molecule has 1 saturated carbocycles. The average Bonchev–Trinajstić information content (AvgIpc) is 3.63. The normalized spacial score (nSPS) is 14.3. The zero-order valence-electron chi connectivity index (χ0n) is 19.1.